The number of aliphatic hydroxyl groups excluding tert-OH is 1. The van der Waals surface area contributed by atoms with Crippen LogP contribution in [0.4, 0.5) is 10.2 Å². The van der Waals surface area contributed by atoms with E-state index in [0.717, 1.165) is 0 Å². The van der Waals surface area contributed by atoms with Gasteiger partial charge in [0.25, 0.3) is 0 Å². The van der Waals surface area contributed by atoms with Gasteiger partial charge in [0, 0.05) is 6.20 Å². The molecule has 1 atom stereocenters. The summed E-state index contributed by atoms with van der Waals surface area (Å²) in [5.41, 5.74) is -0.568. The number of rotatable bonds is 4. The van der Waals surface area contributed by atoms with Gasteiger partial charge < -0.3 is 10.4 Å². The van der Waals surface area contributed by atoms with Crippen LogP contribution >= 0.6 is 11.6 Å². The number of pyridine rings is 1. The highest BCUT2D eigenvalue weighted by Crippen LogP contribution is 2.20. The van der Waals surface area contributed by atoms with E-state index < -0.39 is 11.4 Å². The molecule has 0 aliphatic heterocycles. The Morgan fingerprint density at radius 1 is 1.67 bits per heavy atom. The Labute approximate surface area is 93.3 Å². The van der Waals surface area contributed by atoms with Crippen LogP contribution in [-0.2, 0) is 0 Å². The maximum absolute atomic E-state index is 13.4. The normalized spacial score (nSPS) is 14.7. The van der Waals surface area contributed by atoms with Gasteiger partial charge in [-0.15, -0.1) is 0 Å². The van der Waals surface area contributed by atoms with Crippen LogP contribution in [0.15, 0.2) is 12.3 Å². The molecule has 1 unspecified atom stereocenters. The van der Waals surface area contributed by atoms with Gasteiger partial charge in [-0.1, -0.05) is 18.5 Å². The maximum Gasteiger partial charge on any atom is 0.166 e. The molecule has 1 aromatic rings. The summed E-state index contributed by atoms with van der Waals surface area (Å²) >= 11 is 5.58. The van der Waals surface area contributed by atoms with Crippen molar-refractivity contribution in [2.24, 2.45) is 0 Å². The lowest BCUT2D eigenvalue weighted by Crippen LogP contribution is -2.38. The number of halogens is 2. The van der Waals surface area contributed by atoms with E-state index in [0.29, 0.717) is 6.42 Å². The first-order chi connectivity index (χ1) is 7.00. The average Bonchev–Trinajstić information content (AvgIpc) is 2.22. The largest absolute Gasteiger partial charge is 0.394 e. The van der Waals surface area contributed by atoms with Gasteiger partial charge in [0.15, 0.2) is 11.6 Å². The lowest BCUT2D eigenvalue weighted by molar-refractivity contribution is 0.218. The summed E-state index contributed by atoms with van der Waals surface area (Å²) in [6.07, 6.45) is 2.02. The first-order valence-electron chi connectivity index (χ1n) is 4.71. The summed E-state index contributed by atoms with van der Waals surface area (Å²) < 4.78 is 13.4. The number of hydrogen-bond acceptors (Lipinski definition) is 3. The van der Waals surface area contributed by atoms with Crippen LogP contribution in [0.3, 0.4) is 0 Å². The quantitative estimate of drug-likeness (QED) is 0.838. The van der Waals surface area contributed by atoms with Crippen molar-refractivity contribution < 1.29 is 9.50 Å². The van der Waals surface area contributed by atoms with Crippen molar-refractivity contribution in [1.29, 1.82) is 0 Å². The van der Waals surface area contributed by atoms with E-state index in [1.165, 1.54) is 12.3 Å². The molecule has 3 nitrogen and oxygen atoms in total. The van der Waals surface area contributed by atoms with Gasteiger partial charge in [0.1, 0.15) is 0 Å². The molecular formula is C10H14ClFN2O. The molecule has 1 rings (SSSR count). The number of anilines is 1. The van der Waals surface area contributed by atoms with Crippen LogP contribution in [0.1, 0.15) is 20.3 Å². The summed E-state index contributed by atoms with van der Waals surface area (Å²) in [6.45, 7) is 3.60. The molecule has 0 aliphatic carbocycles. The molecule has 0 aromatic carbocycles. The van der Waals surface area contributed by atoms with E-state index in [2.05, 4.69) is 10.3 Å². The predicted molar refractivity (Wildman–Crippen MR) is 58.6 cm³/mol. The van der Waals surface area contributed by atoms with Crippen LogP contribution in [0.5, 0.6) is 0 Å². The molecule has 0 saturated heterocycles. The molecule has 15 heavy (non-hydrogen) atoms. The summed E-state index contributed by atoms with van der Waals surface area (Å²) in [6, 6.07) is 1.18. The summed E-state index contributed by atoms with van der Waals surface area (Å²) in [4.78, 5) is 3.83. The van der Waals surface area contributed by atoms with Gasteiger partial charge in [0.2, 0.25) is 0 Å². The second kappa shape index (κ2) is 4.77. The number of aromatic nitrogens is 1. The fourth-order valence-corrected chi connectivity index (χ4v) is 1.18. The number of aliphatic hydroxyl groups is 1. The molecule has 0 amide bonds. The monoisotopic (exact) mass is 232 g/mol. The number of nitrogens with one attached hydrogen (secondary N) is 1. The minimum Gasteiger partial charge on any atom is -0.394 e. The van der Waals surface area contributed by atoms with Gasteiger partial charge in [-0.3, -0.25) is 0 Å². The third-order valence-electron chi connectivity index (χ3n) is 2.36. The van der Waals surface area contributed by atoms with Crippen molar-refractivity contribution in [3.8, 4) is 0 Å². The molecule has 1 heterocycles. The summed E-state index contributed by atoms with van der Waals surface area (Å²) in [5.74, 6) is -0.409. The van der Waals surface area contributed by atoms with Gasteiger partial charge in [-0.05, 0) is 19.4 Å². The standard InChI is InChI=1S/C10H14ClFN2O/c1-3-10(2,6-15)14-9-8(12)4-7(11)5-13-9/h4-5,15H,3,6H2,1-2H3,(H,13,14). The van der Waals surface area contributed by atoms with Crippen molar-refractivity contribution in [2.75, 3.05) is 11.9 Å². The third-order valence-corrected chi connectivity index (χ3v) is 2.56. The Kier molecular flexibility index (Phi) is 3.88. The van der Waals surface area contributed by atoms with Gasteiger partial charge in [-0.25, -0.2) is 9.37 Å². The van der Waals surface area contributed by atoms with Crippen LogP contribution < -0.4 is 5.32 Å². The van der Waals surface area contributed by atoms with Crippen molar-refractivity contribution in [1.82, 2.24) is 4.98 Å². The highest BCUT2D eigenvalue weighted by molar-refractivity contribution is 6.30. The Hall–Kier alpha value is -0.870. The zero-order valence-corrected chi connectivity index (χ0v) is 9.48. The second-order valence-electron chi connectivity index (χ2n) is 3.68. The van der Waals surface area contributed by atoms with Crippen molar-refractivity contribution in [2.45, 2.75) is 25.8 Å². The minimum atomic E-state index is -0.568. The first kappa shape index (κ1) is 12.2. The van der Waals surface area contributed by atoms with Crippen LogP contribution in [0.2, 0.25) is 5.02 Å². The zero-order valence-electron chi connectivity index (χ0n) is 8.72. The van der Waals surface area contributed by atoms with Crippen molar-refractivity contribution in [3.63, 3.8) is 0 Å². The maximum atomic E-state index is 13.4. The molecule has 0 radical (unpaired) electrons. The fraction of sp³-hybridized carbons (Fsp3) is 0.500. The Morgan fingerprint density at radius 3 is 2.80 bits per heavy atom. The highest BCUT2D eigenvalue weighted by Gasteiger charge is 2.22. The van der Waals surface area contributed by atoms with E-state index in [-0.39, 0.29) is 17.4 Å². The number of hydrogen-bond donors (Lipinski definition) is 2. The Balaban J connectivity index is 2.89. The molecule has 0 fully saturated rings. The van der Waals surface area contributed by atoms with Crippen LogP contribution in [0, 0.1) is 5.82 Å². The van der Waals surface area contributed by atoms with Gasteiger partial charge >= 0.3 is 0 Å². The third kappa shape index (κ3) is 3.04. The van der Waals surface area contributed by atoms with E-state index in [1.807, 2.05) is 6.92 Å². The van der Waals surface area contributed by atoms with Crippen molar-refractivity contribution in [3.05, 3.63) is 23.1 Å². The van der Waals surface area contributed by atoms with Crippen LogP contribution in [0.25, 0.3) is 0 Å². The molecule has 0 spiro atoms. The molecule has 84 valence electrons. The molecule has 5 heteroatoms. The second-order valence-corrected chi connectivity index (χ2v) is 4.12. The van der Waals surface area contributed by atoms with Crippen LogP contribution in [-0.4, -0.2) is 22.2 Å². The van der Waals surface area contributed by atoms with Crippen molar-refractivity contribution >= 4 is 17.4 Å². The van der Waals surface area contributed by atoms with Gasteiger partial charge in [0.05, 0.1) is 17.2 Å². The lowest BCUT2D eigenvalue weighted by atomic mass is 10.0. The predicted octanol–water partition coefficient (Wildman–Crippen LogP) is 2.45. The van der Waals surface area contributed by atoms with E-state index >= 15 is 0 Å². The zero-order chi connectivity index (χ0) is 11.5. The molecular weight excluding hydrogens is 219 g/mol. The first-order valence-corrected chi connectivity index (χ1v) is 5.08. The van der Waals surface area contributed by atoms with E-state index in [1.54, 1.807) is 6.92 Å². The highest BCUT2D eigenvalue weighted by atomic mass is 35.5. The smallest absolute Gasteiger partial charge is 0.166 e. The fourth-order valence-electron chi connectivity index (χ4n) is 1.03. The average molecular weight is 233 g/mol. The minimum absolute atomic E-state index is 0.0900. The molecule has 2 N–H and O–H groups in total. The molecule has 0 saturated carbocycles. The molecule has 0 aliphatic rings. The SMILES string of the molecule is CCC(C)(CO)Nc1ncc(Cl)cc1F. The molecule has 0 bridgehead atoms. The summed E-state index contributed by atoms with van der Waals surface area (Å²) in [5, 5.41) is 12.3. The Bertz CT molecular complexity index is 342. The van der Waals surface area contributed by atoms with Gasteiger partial charge in [-0.2, -0.15) is 0 Å². The van der Waals surface area contributed by atoms with E-state index in [9.17, 15) is 4.39 Å². The van der Waals surface area contributed by atoms with E-state index in [4.69, 9.17) is 16.7 Å². The summed E-state index contributed by atoms with van der Waals surface area (Å²) in [7, 11) is 0. The lowest BCUT2D eigenvalue weighted by Gasteiger charge is -2.27. The Morgan fingerprint density at radius 2 is 2.33 bits per heavy atom. The topological polar surface area (TPSA) is 45.1 Å². The molecule has 1 aromatic heterocycles. The number of nitrogens with zero attached hydrogens (tertiary/aromatic N) is 1.